The maximum absolute atomic E-state index is 12.1. The molecule has 3 rings (SSSR count). The average Bonchev–Trinajstić information content (AvgIpc) is 3.28. The predicted octanol–water partition coefficient (Wildman–Crippen LogP) is 3.48. The summed E-state index contributed by atoms with van der Waals surface area (Å²) in [6.45, 7) is 4.85. The highest BCUT2D eigenvalue weighted by Crippen LogP contribution is 2.27. The molecule has 0 bridgehead atoms. The molecule has 2 aromatic heterocycles. The summed E-state index contributed by atoms with van der Waals surface area (Å²) < 4.78 is 0. The van der Waals surface area contributed by atoms with E-state index < -0.39 is 0 Å². The largest absolute Gasteiger partial charge is 0.351 e. The molecule has 1 amide bonds. The molecule has 4 nitrogen and oxygen atoms in total. The molecule has 0 radical (unpaired) electrons. The Labute approximate surface area is 144 Å². The van der Waals surface area contributed by atoms with E-state index in [1.165, 1.54) is 17.7 Å². The molecule has 0 spiro atoms. The number of thiophene rings is 1. The Balaban J connectivity index is 1.57. The number of hydrogen-bond acceptors (Lipinski definition) is 5. The lowest BCUT2D eigenvalue weighted by Crippen LogP contribution is -2.35. The van der Waals surface area contributed by atoms with Crippen molar-refractivity contribution >= 4 is 34.7 Å². The fourth-order valence-electron chi connectivity index (χ4n) is 2.82. The van der Waals surface area contributed by atoms with E-state index in [1.54, 1.807) is 34.8 Å². The first-order valence-corrected chi connectivity index (χ1v) is 9.64. The number of aromatic nitrogens is 1. The molecule has 0 aromatic carbocycles. The lowest BCUT2D eigenvalue weighted by molar-refractivity contribution is -0.116. The number of amides is 1. The minimum absolute atomic E-state index is 0.0589. The van der Waals surface area contributed by atoms with Gasteiger partial charge in [-0.2, -0.15) is 0 Å². The van der Waals surface area contributed by atoms with Gasteiger partial charge in [0, 0.05) is 22.9 Å². The van der Waals surface area contributed by atoms with Crippen LogP contribution < -0.4 is 5.32 Å². The van der Waals surface area contributed by atoms with Gasteiger partial charge < -0.3 is 5.32 Å². The van der Waals surface area contributed by atoms with Gasteiger partial charge in [-0.1, -0.05) is 6.07 Å². The number of aryl methyl sites for hydroxylation is 1. The second-order valence-corrected chi connectivity index (χ2v) is 7.69. The van der Waals surface area contributed by atoms with Crippen molar-refractivity contribution in [2.75, 3.05) is 19.6 Å². The molecule has 6 heteroatoms. The molecule has 1 unspecified atom stereocenters. The Morgan fingerprint density at radius 2 is 2.26 bits per heavy atom. The van der Waals surface area contributed by atoms with Gasteiger partial charge in [-0.3, -0.25) is 9.69 Å². The minimum atomic E-state index is -0.0589. The highest BCUT2D eigenvalue weighted by atomic mass is 32.1. The van der Waals surface area contributed by atoms with E-state index in [0.717, 1.165) is 23.8 Å². The monoisotopic (exact) mass is 347 g/mol. The average molecular weight is 348 g/mol. The Morgan fingerprint density at radius 3 is 2.91 bits per heavy atom. The minimum Gasteiger partial charge on any atom is -0.351 e. The van der Waals surface area contributed by atoms with Gasteiger partial charge in [-0.25, -0.2) is 4.98 Å². The number of carbonyl (C=O) groups is 1. The van der Waals surface area contributed by atoms with Gasteiger partial charge in [0.15, 0.2) is 0 Å². The molecule has 1 N–H and O–H groups in total. The number of likely N-dealkylation sites (tertiary alicyclic amines) is 1. The van der Waals surface area contributed by atoms with Crippen LogP contribution in [0.5, 0.6) is 0 Å². The molecule has 23 heavy (non-hydrogen) atoms. The maximum atomic E-state index is 12.1. The third-order valence-electron chi connectivity index (χ3n) is 3.96. The summed E-state index contributed by atoms with van der Waals surface area (Å²) in [5, 5.41) is 8.11. The van der Waals surface area contributed by atoms with Crippen molar-refractivity contribution < 1.29 is 4.79 Å². The molecule has 1 aliphatic rings. The quantitative estimate of drug-likeness (QED) is 0.814. The molecule has 122 valence electrons. The van der Waals surface area contributed by atoms with Gasteiger partial charge in [0.1, 0.15) is 0 Å². The van der Waals surface area contributed by atoms with Crippen LogP contribution in [0.2, 0.25) is 0 Å². The summed E-state index contributed by atoms with van der Waals surface area (Å²) >= 11 is 3.35. The van der Waals surface area contributed by atoms with Crippen LogP contribution in [0.15, 0.2) is 29.0 Å². The zero-order valence-corrected chi connectivity index (χ0v) is 14.8. The lowest BCUT2D eigenvalue weighted by Gasteiger charge is -2.26. The highest BCUT2D eigenvalue weighted by molar-refractivity contribution is 7.10. The second-order valence-electron chi connectivity index (χ2n) is 5.64. The van der Waals surface area contributed by atoms with Crippen molar-refractivity contribution in [2.24, 2.45) is 0 Å². The Morgan fingerprint density at radius 1 is 1.43 bits per heavy atom. The van der Waals surface area contributed by atoms with Crippen LogP contribution in [0.25, 0.3) is 6.08 Å². The van der Waals surface area contributed by atoms with E-state index >= 15 is 0 Å². The Bertz CT molecular complexity index is 657. The summed E-state index contributed by atoms with van der Waals surface area (Å²) in [6, 6.07) is 4.53. The number of rotatable bonds is 6. The van der Waals surface area contributed by atoms with Gasteiger partial charge in [0.05, 0.1) is 16.7 Å². The molecule has 3 heterocycles. The fourth-order valence-corrected chi connectivity index (χ4v) is 4.26. The topological polar surface area (TPSA) is 45.2 Å². The van der Waals surface area contributed by atoms with Crippen LogP contribution in [0, 0.1) is 6.92 Å². The smallest absolute Gasteiger partial charge is 0.244 e. The summed E-state index contributed by atoms with van der Waals surface area (Å²) in [7, 11) is 0. The molecule has 1 fully saturated rings. The molecule has 0 saturated carbocycles. The fraction of sp³-hybridized carbons (Fsp3) is 0.412. The summed E-state index contributed by atoms with van der Waals surface area (Å²) in [6.07, 6.45) is 5.84. The Kier molecular flexibility index (Phi) is 5.59. The molecule has 1 aliphatic heterocycles. The van der Waals surface area contributed by atoms with Crippen molar-refractivity contribution in [1.82, 2.24) is 15.2 Å². The number of nitrogens with zero attached hydrogens (tertiary/aromatic N) is 2. The zero-order chi connectivity index (χ0) is 16.1. The predicted molar refractivity (Wildman–Crippen MR) is 96.8 cm³/mol. The molecule has 1 atom stereocenters. The van der Waals surface area contributed by atoms with E-state index in [2.05, 4.69) is 32.7 Å². The van der Waals surface area contributed by atoms with Crippen LogP contribution in [-0.4, -0.2) is 35.4 Å². The van der Waals surface area contributed by atoms with Crippen LogP contribution in [0.1, 0.15) is 34.5 Å². The second kappa shape index (κ2) is 7.86. The van der Waals surface area contributed by atoms with E-state index in [1.807, 2.05) is 12.3 Å². The van der Waals surface area contributed by atoms with Crippen molar-refractivity contribution in [2.45, 2.75) is 25.8 Å². The van der Waals surface area contributed by atoms with Gasteiger partial charge in [0.25, 0.3) is 0 Å². The number of hydrogen-bond donors (Lipinski definition) is 1. The van der Waals surface area contributed by atoms with Crippen molar-refractivity contribution in [3.63, 3.8) is 0 Å². The first kappa shape index (κ1) is 16.4. The number of nitrogens with one attached hydrogen (secondary N) is 1. The number of thiazole rings is 1. The molecule has 2 aromatic rings. The summed E-state index contributed by atoms with van der Waals surface area (Å²) in [5.41, 5.74) is 0.844. The molecular formula is C17H21N3OS2. The third kappa shape index (κ3) is 4.50. The van der Waals surface area contributed by atoms with E-state index in [0.29, 0.717) is 6.54 Å². The first-order chi connectivity index (χ1) is 11.2. The SMILES string of the molecule is Cc1nc(/C=C/C(=O)NCC(c2cccs2)N2CCCC2)cs1. The zero-order valence-electron chi connectivity index (χ0n) is 13.2. The van der Waals surface area contributed by atoms with Gasteiger partial charge >= 0.3 is 0 Å². The van der Waals surface area contributed by atoms with Crippen LogP contribution >= 0.6 is 22.7 Å². The standard InChI is InChI=1S/C17H21N3OS2/c1-13-19-14(12-23-13)6-7-17(21)18-11-15(16-5-4-10-22-16)20-8-2-3-9-20/h4-7,10,12,15H,2-3,8-9,11H2,1H3,(H,18,21)/b7-6+. The van der Waals surface area contributed by atoms with Crippen LogP contribution in [0.4, 0.5) is 0 Å². The van der Waals surface area contributed by atoms with E-state index in [-0.39, 0.29) is 11.9 Å². The van der Waals surface area contributed by atoms with E-state index in [9.17, 15) is 4.79 Å². The van der Waals surface area contributed by atoms with E-state index in [4.69, 9.17) is 0 Å². The maximum Gasteiger partial charge on any atom is 0.244 e. The van der Waals surface area contributed by atoms with Crippen molar-refractivity contribution in [3.05, 3.63) is 44.5 Å². The first-order valence-electron chi connectivity index (χ1n) is 7.88. The normalized spacial score (nSPS) is 16.9. The summed E-state index contributed by atoms with van der Waals surface area (Å²) in [5.74, 6) is -0.0589. The van der Waals surface area contributed by atoms with Crippen LogP contribution in [0.3, 0.4) is 0 Å². The van der Waals surface area contributed by atoms with Crippen molar-refractivity contribution in [3.8, 4) is 0 Å². The van der Waals surface area contributed by atoms with Gasteiger partial charge in [-0.05, 0) is 50.4 Å². The third-order valence-corrected chi connectivity index (χ3v) is 5.73. The lowest BCUT2D eigenvalue weighted by atomic mass is 10.2. The summed E-state index contributed by atoms with van der Waals surface area (Å²) in [4.78, 5) is 20.2. The van der Waals surface area contributed by atoms with Gasteiger partial charge in [-0.15, -0.1) is 22.7 Å². The Hall–Kier alpha value is -1.50. The van der Waals surface area contributed by atoms with Gasteiger partial charge in [0.2, 0.25) is 5.91 Å². The molecular weight excluding hydrogens is 326 g/mol. The van der Waals surface area contributed by atoms with Crippen molar-refractivity contribution in [1.29, 1.82) is 0 Å². The molecule has 0 aliphatic carbocycles. The van der Waals surface area contributed by atoms with Crippen LogP contribution in [-0.2, 0) is 4.79 Å². The number of carbonyl (C=O) groups excluding carboxylic acids is 1. The highest BCUT2D eigenvalue weighted by Gasteiger charge is 2.24. The molecule has 1 saturated heterocycles.